The number of aryl methyl sites for hydroxylation is 1. The number of fused-ring (bicyclic) bond motifs is 6. The highest BCUT2D eigenvalue weighted by Crippen LogP contribution is 2.38. The molecule has 0 saturated carbocycles. The van der Waals surface area contributed by atoms with Gasteiger partial charge in [-0.1, -0.05) is 36.4 Å². The number of benzene rings is 3. The molecule has 1 aliphatic carbocycles. The predicted molar refractivity (Wildman–Crippen MR) is 109 cm³/mol. The van der Waals surface area contributed by atoms with Gasteiger partial charge in [-0.3, -0.25) is 0 Å². The predicted octanol–water partition coefficient (Wildman–Crippen LogP) is 6.14. The third kappa shape index (κ3) is 1.87. The van der Waals surface area contributed by atoms with Crippen LogP contribution in [0.5, 0.6) is 0 Å². The van der Waals surface area contributed by atoms with E-state index in [2.05, 4.69) is 76.3 Å². The zero-order chi connectivity index (χ0) is 17.1. The first-order valence-corrected chi connectivity index (χ1v) is 9.52. The number of para-hydroxylation sites is 2. The molecule has 26 heavy (non-hydrogen) atoms. The molecule has 0 unspecified atom stereocenters. The molecule has 0 bridgehead atoms. The van der Waals surface area contributed by atoms with Crippen LogP contribution in [0.15, 0.2) is 66.7 Å². The summed E-state index contributed by atoms with van der Waals surface area (Å²) in [5, 5.41) is 4.05. The first-order chi connectivity index (χ1) is 12.9. The summed E-state index contributed by atoms with van der Waals surface area (Å²) in [4.78, 5) is 3.62. The second kappa shape index (κ2) is 5.25. The third-order valence-corrected chi connectivity index (χ3v) is 5.91. The van der Waals surface area contributed by atoms with Crippen molar-refractivity contribution in [2.24, 2.45) is 0 Å². The highest BCUT2D eigenvalue weighted by molar-refractivity contribution is 6.12. The van der Waals surface area contributed by atoms with E-state index in [1.165, 1.54) is 69.8 Å². The minimum atomic E-state index is 1.17. The molecule has 0 fully saturated rings. The van der Waals surface area contributed by atoms with Gasteiger partial charge in [0.2, 0.25) is 0 Å². The number of aromatic nitrogens is 2. The number of rotatable bonds is 1. The van der Waals surface area contributed by atoms with Crippen LogP contribution in [0.25, 0.3) is 38.4 Å². The van der Waals surface area contributed by atoms with Gasteiger partial charge in [0.25, 0.3) is 0 Å². The largest absolute Gasteiger partial charge is 0.354 e. The van der Waals surface area contributed by atoms with Crippen molar-refractivity contribution < 1.29 is 0 Å². The van der Waals surface area contributed by atoms with Crippen molar-refractivity contribution in [3.05, 3.63) is 78.0 Å². The molecule has 2 nitrogen and oxygen atoms in total. The molecule has 0 radical (unpaired) electrons. The molecule has 1 N–H and O–H groups in total. The fourth-order valence-electron chi connectivity index (χ4n) is 4.76. The number of nitrogens with zero attached hydrogens (tertiary/aromatic N) is 1. The van der Waals surface area contributed by atoms with Gasteiger partial charge in [-0.05, 0) is 61.6 Å². The number of nitrogens with one attached hydrogen (secondary N) is 1. The maximum absolute atomic E-state index is 3.62. The van der Waals surface area contributed by atoms with Crippen molar-refractivity contribution in [1.29, 1.82) is 0 Å². The van der Waals surface area contributed by atoms with Gasteiger partial charge in [0.05, 0.1) is 5.52 Å². The lowest BCUT2D eigenvalue weighted by Crippen LogP contribution is -2.06. The van der Waals surface area contributed by atoms with E-state index >= 15 is 0 Å². The number of aromatic amines is 1. The molecule has 0 saturated heterocycles. The van der Waals surface area contributed by atoms with Gasteiger partial charge in [-0.2, -0.15) is 0 Å². The number of H-pyrrole nitrogens is 1. The van der Waals surface area contributed by atoms with E-state index < -0.39 is 0 Å². The topological polar surface area (TPSA) is 20.7 Å². The van der Waals surface area contributed by atoms with Crippen LogP contribution in [-0.2, 0) is 12.8 Å². The van der Waals surface area contributed by atoms with Gasteiger partial charge in [0.1, 0.15) is 0 Å². The Morgan fingerprint density at radius 2 is 1.50 bits per heavy atom. The second-order valence-electron chi connectivity index (χ2n) is 7.39. The Kier molecular flexibility index (Phi) is 2.87. The summed E-state index contributed by atoms with van der Waals surface area (Å²) in [6, 6.07) is 24.2. The Labute approximate surface area is 152 Å². The van der Waals surface area contributed by atoms with E-state index in [9.17, 15) is 0 Å². The van der Waals surface area contributed by atoms with Crippen molar-refractivity contribution in [2.75, 3.05) is 0 Å². The lowest BCUT2D eigenvalue weighted by Gasteiger charge is -2.16. The molecule has 6 rings (SSSR count). The Morgan fingerprint density at radius 1 is 0.692 bits per heavy atom. The average Bonchev–Trinajstić information content (AvgIpc) is 3.22. The van der Waals surface area contributed by atoms with E-state index in [0.29, 0.717) is 0 Å². The molecular formula is C24H20N2. The van der Waals surface area contributed by atoms with Crippen molar-refractivity contribution in [2.45, 2.75) is 25.7 Å². The van der Waals surface area contributed by atoms with Crippen LogP contribution in [-0.4, -0.2) is 9.55 Å². The lowest BCUT2D eigenvalue weighted by molar-refractivity contribution is 0.667. The van der Waals surface area contributed by atoms with Crippen LogP contribution in [0.4, 0.5) is 0 Å². The molecule has 0 amide bonds. The molecule has 0 aliphatic heterocycles. The van der Waals surface area contributed by atoms with Gasteiger partial charge in [0, 0.05) is 38.6 Å². The van der Waals surface area contributed by atoms with Crippen LogP contribution < -0.4 is 0 Å². The standard InChI is InChI=1S/C24H20N2/c1-2-8-16(9-3-1)26-23-13-7-5-11-18(23)20-14-22-19(15-24(20)26)17-10-4-6-12-21(17)25-22/h1-4,6,8-10,12,14-15,25H,5,7,11,13H2. The summed E-state index contributed by atoms with van der Waals surface area (Å²) in [5.74, 6) is 0. The van der Waals surface area contributed by atoms with Crippen molar-refractivity contribution in [3.8, 4) is 5.69 Å². The summed E-state index contributed by atoms with van der Waals surface area (Å²) in [7, 11) is 0. The summed E-state index contributed by atoms with van der Waals surface area (Å²) in [5.41, 5.74) is 8.15. The van der Waals surface area contributed by atoms with E-state index in [-0.39, 0.29) is 0 Å². The molecular weight excluding hydrogens is 316 g/mol. The molecule has 0 atom stereocenters. The smallest absolute Gasteiger partial charge is 0.0542 e. The van der Waals surface area contributed by atoms with Gasteiger partial charge in [-0.25, -0.2) is 0 Å². The van der Waals surface area contributed by atoms with Gasteiger partial charge in [-0.15, -0.1) is 0 Å². The SMILES string of the molecule is c1ccc(-n2c3c(c4cc5[nH]c6ccccc6c5cc42)CCCC3)cc1. The Balaban J connectivity index is 1.79. The molecule has 0 spiro atoms. The monoisotopic (exact) mass is 336 g/mol. The summed E-state index contributed by atoms with van der Waals surface area (Å²) >= 11 is 0. The summed E-state index contributed by atoms with van der Waals surface area (Å²) in [6.07, 6.45) is 4.95. The molecule has 126 valence electrons. The zero-order valence-corrected chi connectivity index (χ0v) is 14.6. The zero-order valence-electron chi connectivity index (χ0n) is 14.6. The second-order valence-corrected chi connectivity index (χ2v) is 7.39. The van der Waals surface area contributed by atoms with Crippen molar-refractivity contribution in [1.82, 2.24) is 9.55 Å². The Hall–Kier alpha value is -3.00. The minimum absolute atomic E-state index is 1.17. The maximum Gasteiger partial charge on any atom is 0.0542 e. The first-order valence-electron chi connectivity index (χ1n) is 9.52. The van der Waals surface area contributed by atoms with Crippen LogP contribution >= 0.6 is 0 Å². The van der Waals surface area contributed by atoms with Crippen LogP contribution in [0.2, 0.25) is 0 Å². The molecule has 5 aromatic rings. The van der Waals surface area contributed by atoms with E-state index in [0.717, 1.165) is 0 Å². The number of hydrogen-bond acceptors (Lipinski definition) is 0. The van der Waals surface area contributed by atoms with Crippen molar-refractivity contribution in [3.63, 3.8) is 0 Å². The number of hydrogen-bond donors (Lipinski definition) is 1. The molecule has 1 aliphatic rings. The third-order valence-electron chi connectivity index (χ3n) is 5.91. The van der Waals surface area contributed by atoms with Crippen LogP contribution in [0.1, 0.15) is 24.1 Å². The maximum atomic E-state index is 3.62. The van der Waals surface area contributed by atoms with Crippen LogP contribution in [0.3, 0.4) is 0 Å². The van der Waals surface area contributed by atoms with Gasteiger partial charge in [0.15, 0.2) is 0 Å². The van der Waals surface area contributed by atoms with Crippen LogP contribution in [0, 0.1) is 0 Å². The van der Waals surface area contributed by atoms with Crippen molar-refractivity contribution >= 4 is 32.7 Å². The molecule has 3 aromatic carbocycles. The Bertz CT molecular complexity index is 1270. The molecule has 2 heteroatoms. The van der Waals surface area contributed by atoms with E-state index in [4.69, 9.17) is 0 Å². The summed E-state index contributed by atoms with van der Waals surface area (Å²) < 4.78 is 2.50. The average molecular weight is 336 g/mol. The first kappa shape index (κ1) is 14.2. The minimum Gasteiger partial charge on any atom is -0.354 e. The molecule has 2 heterocycles. The quantitative estimate of drug-likeness (QED) is 0.379. The fraction of sp³-hybridized carbons (Fsp3) is 0.167. The fourth-order valence-corrected chi connectivity index (χ4v) is 4.76. The highest BCUT2D eigenvalue weighted by atomic mass is 15.0. The normalized spacial score (nSPS) is 14.3. The van der Waals surface area contributed by atoms with E-state index in [1.54, 1.807) is 5.56 Å². The summed E-state index contributed by atoms with van der Waals surface area (Å²) in [6.45, 7) is 0. The van der Waals surface area contributed by atoms with Gasteiger partial charge < -0.3 is 9.55 Å². The van der Waals surface area contributed by atoms with E-state index in [1.807, 2.05) is 0 Å². The lowest BCUT2D eigenvalue weighted by atomic mass is 9.95. The van der Waals surface area contributed by atoms with Gasteiger partial charge >= 0.3 is 0 Å². The Morgan fingerprint density at radius 3 is 2.42 bits per heavy atom. The molecule has 2 aromatic heterocycles. The highest BCUT2D eigenvalue weighted by Gasteiger charge is 2.22.